The minimum atomic E-state index is -3.66. The third-order valence-corrected chi connectivity index (χ3v) is 6.07. The third kappa shape index (κ3) is 3.65. The molecule has 0 radical (unpaired) electrons. The van der Waals surface area contributed by atoms with Crippen LogP contribution in [0.2, 0.25) is 0 Å². The molecule has 0 amide bonds. The number of aryl methyl sites for hydroxylation is 1. The number of sulfonamides is 1. The Hall–Kier alpha value is -0.790. The molecule has 2 N–H and O–H groups in total. The molecular formula is C13H21FN2O2S2. The molecule has 20 heavy (non-hydrogen) atoms. The second-order valence-corrected chi connectivity index (χ2v) is 7.74. The highest BCUT2D eigenvalue weighted by molar-refractivity contribution is 7.98. The van der Waals surface area contributed by atoms with Crippen molar-refractivity contribution in [1.82, 2.24) is 4.31 Å². The van der Waals surface area contributed by atoms with Crippen molar-refractivity contribution >= 4 is 27.5 Å². The molecule has 0 aliphatic rings. The predicted octanol–water partition coefficient (Wildman–Crippen LogP) is 2.48. The van der Waals surface area contributed by atoms with E-state index in [9.17, 15) is 12.8 Å². The van der Waals surface area contributed by atoms with Gasteiger partial charge in [-0.2, -0.15) is 16.1 Å². The zero-order valence-corrected chi connectivity index (χ0v) is 13.8. The maximum atomic E-state index is 13.3. The lowest BCUT2D eigenvalue weighted by Gasteiger charge is -2.25. The van der Waals surface area contributed by atoms with Crippen LogP contribution in [0.25, 0.3) is 0 Å². The lowest BCUT2D eigenvalue weighted by atomic mass is 10.2. The van der Waals surface area contributed by atoms with Gasteiger partial charge in [-0.15, -0.1) is 0 Å². The summed E-state index contributed by atoms with van der Waals surface area (Å²) in [5, 5.41) is 0. The smallest absolute Gasteiger partial charge is 0.243 e. The summed E-state index contributed by atoms with van der Waals surface area (Å²) in [5.41, 5.74) is 5.69. The first kappa shape index (κ1) is 17.3. The number of anilines is 1. The molecule has 0 bridgehead atoms. The van der Waals surface area contributed by atoms with Gasteiger partial charge in [0, 0.05) is 13.1 Å². The summed E-state index contributed by atoms with van der Waals surface area (Å²) >= 11 is 1.67. The Labute approximate surface area is 124 Å². The highest BCUT2D eigenvalue weighted by Gasteiger charge is 2.27. The average molecular weight is 320 g/mol. The molecule has 0 saturated carbocycles. The average Bonchev–Trinajstić information content (AvgIpc) is 2.38. The van der Waals surface area contributed by atoms with Crippen LogP contribution in [0.3, 0.4) is 0 Å². The summed E-state index contributed by atoms with van der Waals surface area (Å²) in [7, 11) is -2.12. The molecule has 0 heterocycles. The molecule has 0 spiro atoms. The van der Waals surface area contributed by atoms with Crippen LogP contribution in [0.1, 0.15) is 18.9 Å². The van der Waals surface area contributed by atoms with Crippen LogP contribution < -0.4 is 5.73 Å². The Balaban J connectivity index is 3.13. The summed E-state index contributed by atoms with van der Waals surface area (Å²) in [6.45, 7) is 3.42. The van der Waals surface area contributed by atoms with E-state index < -0.39 is 15.8 Å². The number of benzene rings is 1. The molecule has 0 saturated heterocycles. The molecule has 1 rings (SSSR count). The number of rotatable bonds is 6. The van der Waals surface area contributed by atoms with Crippen molar-refractivity contribution < 1.29 is 12.8 Å². The highest BCUT2D eigenvalue weighted by Crippen LogP contribution is 2.25. The molecular weight excluding hydrogens is 299 g/mol. The van der Waals surface area contributed by atoms with Crippen molar-refractivity contribution in [1.29, 1.82) is 0 Å². The minimum absolute atomic E-state index is 0.0647. The van der Waals surface area contributed by atoms with Crippen LogP contribution in [0.4, 0.5) is 10.1 Å². The van der Waals surface area contributed by atoms with E-state index in [0.717, 1.165) is 18.2 Å². The first-order chi connectivity index (χ1) is 9.21. The van der Waals surface area contributed by atoms with Gasteiger partial charge in [-0.05, 0) is 50.0 Å². The molecule has 4 nitrogen and oxygen atoms in total. The van der Waals surface area contributed by atoms with Gasteiger partial charge >= 0.3 is 0 Å². The van der Waals surface area contributed by atoms with Crippen molar-refractivity contribution in [3.63, 3.8) is 0 Å². The fraction of sp³-hybridized carbons (Fsp3) is 0.538. The highest BCUT2D eigenvalue weighted by atomic mass is 32.2. The first-order valence-electron chi connectivity index (χ1n) is 6.24. The largest absolute Gasteiger partial charge is 0.396 e. The van der Waals surface area contributed by atoms with Crippen LogP contribution in [0.15, 0.2) is 17.0 Å². The summed E-state index contributed by atoms with van der Waals surface area (Å²) in [4.78, 5) is 0.0647. The molecule has 0 fully saturated rings. The number of hydrogen-bond donors (Lipinski definition) is 1. The van der Waals surface area contributed by atoms with Crippen LogP contribution in [-0.2, 0) is 10.0 Å². The van der Waals surface area contributed by atoms with Crippen molar-refractivity contribution in [2.75, 3.05) is 24.8 Å². The molecule has 1 aromatic carbocycles. The molecule has 114 valence electrons. The van der Waals surface area contributed by atoms with Crippen LogP contribution in [0, 0.1) is 12.7 Å². The fourth-order valence-electron chi connectivity index (χ4n) is 1.81. The summed E-state index contributed by atoms with van der Waals surface area (Å²) < 4.78 is 39.8. The van der Waals surface area contributed by atoms with Gasteiger partial charge in [0.2, 0.25) is 10.0 Å². The van der Waals surface area contributed by atoms with Gasteiger partial charge in [-0.3, -0.25) is 0 Å². The third-order valence-electron chi connectivity index (χ3n) is 3.31. The SMILES string of the molecule is CSCCC(C)N(C)S(=O)(=O)c1cc(N)c(F)cc1C. The first-order valence-corrected chi connectivity index (χ1v) is 9.07. The molecule has 0 aliphatic carbocycles. The van der Waals surface area contributed by atoms with E-state index in [1.807, 2.05) is 13.2 Å². The number of nitrogens with two attached hydrogens (primary N) is 1. The monoisotopic (exact) mass is 320 g/mol. The number of nitrogens with zero attached hydrogens (tertiary/aromatic N) is 1. The quantitative estimate of drug-likeness (QED) is 0.818. The molecule has 1 atom stereocenters. The van der Waals surface area contributed by atoms with E-state index in [-0.39, 0.29) is 16.6 Å². The number of halogens is 1. The number of hydrogen-bond acceptors (Lipinski definition) is 4. The van der Waals surface area contributed by atoms with Crippen LogP contribution in [-0.4, -0.2) is 37.8 Å². The van der Waals surface area contributed by atoms with E-state index in [1.165, 1.54) is 10.4 Å². The zero-order chi connectivity index (χ0) is 15.5. The second kappa shape index (κ2) is 6.78. The van der Waals surface area contributed by atoms with Gasteiger partial charge in [0.25, 0.3) is 0 Å². The van der Waals surface area contributed by atoms with Gasteiger partial charge in [0.05, 0.1) is 10.6 Å². The standard InChI is InChI=1S/C13H21FN2O2S2/c1-9-7-11(14)12(15)8-13(9)20(17,18)16(3)10(2)5-6-19-4/h7-8,10H,5-6,15H2,1-4H3. The normalized spacial score (nSPS) is 13.7. The van der Waals surface area contributed by atoms with Gasteiger partial charge < -0.3 is 5.73 Å². The summed E-state index contributed by atoms with van der Waals surface area (Å²) in [6, 6.07) is 2.22. The number of thioether (sulfide) groups is 1. The van der Waals surface area contributed by atoms with Gasteiger partial charge in [-0.25, -0.2) is 12.8 Å². The molecule has 0 aliphatic heterocycles. The Kier molecular flexibility index (Phi) is 5.85. The predicted molar refractivity (Wildman–Crippen MR) is 83.0 cm³/mol. The van der Waals surface area contributed by atoms with E-state index >= 15 is 0 Å². The summed E-state index contributed by atoms with van der Waals surface area (Å²) in [5.74, 6) is 0.283. The van der Waals surface area contributed by atoms with E-state index in [2.05, 4.69) is 0 Å². The minimum Gasteiger partial charge on any atom is -0.396 e. The maximum absolute atomic E-state index is 13.3. The lowest BCUT2D eigenvalue weighted by molar-refractivity contribution is 0.382. The van der Waals surface area contributed by atoms with Crippen LogP contribution >= 0.6 is 11.8 Å². The molecule has 1 unspecified atom stereocenters. The molecule has 0 aromatic heterocycles. The van der Waals surface area contributed by atoms with Gasteiger partial charge in [0.15, 0.2) is 0 Å². The Morgan fingerprint density at radius 2 is 2.05 bits per heavy atom. The Bertz CT molecular complexity index is 576. The van der Waals surface area contributed by atoms with Gasteiger partial charge in [0.1, 0.15) is 5.82 Å². The lowest BCUT2D eigenvalue weighted by Crippen LogP contribution is -2.35. The van der Waals surface area contributed by atoms with Crippen molar-refractivity contribution in [3.8, 4) is 0 Å². The maximum Gasteiger partial charge on any atom is 0.243 e. The zero-order valence-electron chi connectivity index (χ0n) is 12.2. The van der Waals surface area contributed by atoms with E-state index in [1.54, 1.807) is 25.7 Å². The topological polar surface area (TPSA) is 63.4 Å². The second-order valence-electron chi connectivity index (χ2n) is 4.79. The fourth-order valence-corrected chi connectivity index (χ4v) is 4.02. The van der Waals surface area contributed by atoms with Crippen molar-refractivity contribution in [2.24, 2.45) is 0 Å². The number of nitrogen functional groups attached to an aromatic ring is 1. The van der Waals surface area contributed by atoms with E-state index in [0.29, 0.717) is 5.56 Å². The molecule has 1 aromatic rings. The van der Waals surface area contributed by atoms with Crippen molar-refractivity contribution in [3.05, 3.63) is 23.5 Å². The van der Waals surface area contributed by atoms with E-state index in [4.69, 9.17) is 5.73 Å². The van der Waals surface area contributed by atoms with Gasteiger partial charge in [-0.1, -0.05) is 0 Å². The van der Waals surface area contributed by atoms with Crippen molar-refractivity contribution in [2.45, 2.75) is 31.2 Å². The van der Waals surface area contributed by atoms with Crippen LogP contribution in [0.5, 0.6) is 0 Å². The molecule has 7 heteroatoms. The Morgan fingerprint density at radius 3 is 2.60 bits per heavy atom. The Morgan fingerprint density at radius 1 is 1.45 bits per heavy atom. The summed E-state index contributed by atoms with van der Waals surface area (Å²) in [6.07, 6.45) is 2.73.